The van der Waals surface area contributed by atoms with Crippen molar-refractivity contribution in [1.29, 1.82) is 0 Å². The van der Waals surface area contributed by atoms with E-state index in [1.807, 2.05) is 0 Å². The molecular formula is C16H28N2O3. The molecule has 1 saturated heterocycles. The Labute approximate surface area is 127 Å². The van der Waals surface area contributed by atoms with Gasteiger partial charge in [-0.2, -0.15) is 0 Å². The third kappa shape index (κ3) is 4.35. The maximum absolute atomic E-state index is 12.5. The Morgan fingerprint density at radius 1 is 1.14 bits per heavy atom. The van der Waals surface area contributed by atoms with E-state index in [1.54, 1.807) is 4.90 Å². The first-order valence-electron chi connectivity index (χ1n) is 8.41. The highest BCUT2D eigenvalue weighted by molar-refractivity contribution is 5.82. The van der Waals surface area contributed by atoms with Crippen LogP contribution in [0.3, 0.4) is 0 Å². The Kier molecular flexibility index (Phi) is 5.88. The SMILES string of the molecule is CCC1CCCC(NC(=O)N2CCCCCC2C(=O)O)C1. The molecule has 0 aromatic heterocycles. The van der Waals surface area contributed by atoms with Gasteiger partial charge in [0.2, 0.25) is 0 Å². The van der Waals surface area contributed by atoms with Gasteiger partial charge in [-0.1, -0.05) is 39.0 Å². The predicted octanol–water partition coefficient (Wildman–Crippen LogP) is 2.99. The zero-order valence-corrected chi connectivity index (χ0v) is 13.0. The number of nitrogens with zero attached hydrogens (tertiary/aromatic N) is 1. The van der Waals surface area contributed by atoms with E-state index in [2.05, 4.69) is 12.2 Å². The highest BCUT2D eigenvalue weighted by Crippen LogP contribution is 2.27. The van der Waals surface area contributed by atoms with Crippen LogP contribution >= 0.6 is 0 Å². The monoisotopic (exact) mass is 296 g/mol. The molecule has 0 aromatic rings. The first kappa shape index (κ1) is 16.1. The average molecular weight is 296 g/mol. The lowest BCUT2D eigenvalue weighted by Crippen LogP contribution is -2.52. The van der Waals surface area contributed by atoms with Crippen LogP contribution in [0, 0.1) is 5.92 Å². The lowest BCUT2D eigenvalue weighted by atomic mass is 9.84. The lowest BCUT2D eigenvalue weighted by Gasteiger charge is -2.33. The fraction of sp³-hybridized carbons (Fsp3) is 0.875. The molecule has 5 nitrogen and oxygen atoms in total. The van der Waals surface area contributed by atoms with Crippen molar-refractivity contribution in [3.63, 3.8) is 0 Å². The molecule has 5 heteroatoms. The third-order valence-corrected chi connectivity index (χ3v) is 4.99. The summed E-state index contributed by atoms with van der Waals surface area (Å²) in [6.45, 7) is 2.76. The van der Waals surface area contributed by atoms with Crippen molar-refractivity contribution in [2.75, 3.05) is 6.54 Å². The molecule has 3 atom stereocenters. The van der Waals surface area contributed by atoms with E-state index >= 15 is 0 Å². The number of aliphatic carboxylic acids is 1. The maximum Gasteiger partial charge on any atom is 0.326 e. The van der Waals surface area contributed by atoms with Gasteiger partial charge in [0.25, 0.3) is 0 Å². The molecule has 0 radical (unpaired) electrons. The second-order valence-electron chi connectivity index (χ2n) is 6.48. The van der Waals surface area contributed by atoms with Gasteiger partial charge < -0.3 is 15.3 Å². The minimum Gasteiger partial charge on any atom is -0.480 e. The van der Waals surface area contributed by atoms with Crippen molar-refractivity contribution in [2.45, 2.75) is 76.8 Å². The van der Waals surface area contributed by atoms with Gasteiger partial charge in [-0.25, -0.2) is 9.59 Å². The number of likely N-dealkylation sites (tertiary alicyclic amines) is 1. The van der Waals surface area contributed by atoms with E-state index in [9.17, 15) is 14.7 Å². The number of rotatable bonds is 3. The topological polar surface area (TPSA) is 69.6 Å². The van der Waals surface area contributed by atoms with Gasteiger partial charge in [-0.3, -0.25) is 0 Å². The van der Waals surface area contributed by atoms with Crippen LogP contribution in [-0.2, 0) is 4.79 Å². The van der Waals surface area contributed by atoms with Crippen LogP contribution in [0.5, 0.6) is 0 Å². The summed E-state index contributed by atoms with van der Waals surface area (Å²) in [5.41, 5.74) is 0. The second-order valence-corrected chi connectivity index (χ2v) is 6.48. The standard InChI is InChI=1S/C16H28N2O3/c1-2-12-7-6-8-13(11-12)17-16(21)18-10-5-3-4-9-14(18)15(19)20/h12-14H,2-11H2,1H3,(H,17,21)(H,19,20). The van der Waals surface area contributed by atoms with Crippen molar-refractivity contribution in [1.82, 2.24) is 10.2 Å². The molecule has 2 fully saturated rings. The van der Waals surface area contributed by atoms with E-state index in [1.165, 1.54) is 6.42 Å². The highest BCUT2D eigenvalue weighted by Gasteiger charge is 2.32. The summed E-state index contributed by atoms with van der Waals surface area (Å²) in [5, 5.41) is 12.4. The molecule has 2 rings (SSSR count). The van der Waals surface area contributed by atoms with Crippen molar-refractivity contribution in [3.8, 4) is 0 Å². The lowest BCUT2D eigenvalue weighted by molar-refractivity contribution is -0.142. The molecule has 1 aliphatic heterocycles. The quantitative estimate of drug-likeness (QED) is 0.841. The number of hydrogen-bond acceptors (Lipinski definition) is 2. The number of hydrogen-bond donors (Lipinski definition) is 2. The van der Waals surface area contributed by atoms with Gasteiger partial charge in [0.1, 0.15) is 6.04 Å². The van der Waals surface area contributed by atoms with Gasteiger partial charge in [0.15, 0.2) is 0 Å². The van der Waals surface area contributed by atoms with Crippen molar-refractivity contribution in [3.05, 3.63) is 0 Å². The Bertz CT molecular complexity index is 373. The zero-order chi connectivity index (χ0) is 15.2. The molecule has 0 spiro atoms. The van der Waals surface area contributed by atoms with Crippen molar-refractivity contribution in [2.24, 2.45) is 5.92 Å². The number of carboxylic acid groups (broad SMARTS) is 1. The van der Waals surface area contributed by atoms with Crippen LogP contribution in [0.4, 0.5) is 4.79 Å². The molecule has 1 heterocycles. The molecule has 0 aromatic carbocycles. The first-order chi connectivity index (χ1) is 10.1. The van der Waals surface area contributed by atoms with Crippen LogP contribution in [0.2, 0.25) is 0 Å². The Morgan fingerprint density at radius 3 is 2.67 bits per heavy atom. The minimum atomic E-state index is -0.873. The molecule has 2 N–H and O–H groups in total. The third-order valence-electron chi connectivity index (χ3n) is 4.99. The van der Waals surface area contributed by atoms with E-state index < -0.39 is 12.0 Å². The van der Waals surface area contributed by atoms with Crippen LogP contribution < -0.4 is 5.32 Å². The largest absolute Gasteiger partial charge is 0.480 e. The summed E-state index contributed by atoms with van der Waals surface area (Å²) < 4.78 is 0. The van der Waals surface area contributed by atoms with Crippen molar-refractivity contribution < 1.29 is 14.7 Å². The van der Waals surface area contributed by atoms with Gasteiger partial charge in [-0.05, 0) is 31.6 Å². The van der Waals surface area contributed by atoms with Gasteiger partial charge >= 0.3 is 12.0 Å². The summed E-state index contributed by atoms with van der Waals surface area (Å²) in [6, 6.07) is -0.613. The van der Waals surface area contributed by atoms with Crippen LogP contribution in [-0.4, -0.2) is 40.6 Å². The molecule has 0 bridgehead atoms. The summed E-state index contributed by atoms with van der Waals surface area (Å²) in [6.07, 6.45) is 9.01. The molecule has 21 heavy (non-hydrogen) atoms. The first-order valence-corrected chi connectivity index (χ1v) is 8.41. The Hall–Kier alpha value is -1.26. The Balaban J connectivity index is 1.95. The fourth-order valence-corrected chi connectivity index (χ4v) is 3.66. The van der Waals surface area contributed by atoms with Gasteiger partial charge in [0, 0.05) is 12.6 Å². The number of carbonyl (C=O) groups excluding carboxylic acids is 1. The smallest absolute Gasteiger partial charge is 0.326 e. The molecule has 1 saturated carbocycles. The summed E-state index contributed by atoms with van der Waals surface area (Å²) in [7, 11) is 0. The van der Waals surface area contributed by atoms with Gasteiger partial charge in [-0.15, -0.1) is 0 Å². The minimum absolute atomic E-state index is 0.175. The highest BCUT2D eigenvalue weighted by atomic mass is 16.4. The molecular weight excluding hydrogens is 268 g/mol. The summed E-state index contributed by atoms with van der Waals surface area (Å²) >= 11 is 0. The van der Waals surface area contributed by atoms with E-state index in [0.29, 0.717) is 18.9 Å². The molecule has 3 unspecified atom stereocenters. The summed E-state index contributed by atoms with van der Waals surface area (Å²) in [4.78, 5) is 25.4. The Morgan fingerprint density at radius 2 is 1.95 bits per heavy atom. The number of carbonyl (C=O) groups is 2. The van der Waals surface area contributed by atoms with Crippen LogP contribution in [0.25, 0.3) is 0 Å². The molecule has 2 amide bonds. The number of urea groups is 1. The summed E-state index contributed by atoms with van der Waals surface area (Å²) in [5.74, 6) is -0.175. The van der Waals surface area contributed by atoms with E-state index in [-0.39, 0.29) is 12.1 Å². The predicted molar refractivity (Wildman–Crippen MR) is 81.2 cm³/mol. The van der Waals surface area contributed by atoms with Crippen LogP contribution in [0.15, 0.2) is 0 Å². The van der Waals surface area contributed by atoms with E-state index in [0.717, 1.165) is 44.9 Å². The van der Waals surface area contributed by atoms with Crippen LogP contribution in [0.1, 0.15) is 64.7 Å². The molecule has 120 valence electrons. The normalized spacial score (nSPS) is 30.5. The second kappa shape index (κ2) is 7.66. The van der Waals surface area contributed by atoms with E-state index in [4.69, 9.17) is 0 Å². The molecule has 2 aliphatic rings. The number of amides is 2. The average Bonchev–Trinajstić information content (AvgIpc) is 2.73. The zero-order valence-electron chi connectivity index (χ0n) is 13.0. The number of carboxylic acids is 1. The maximum atomic E-state index is 12.5. The number of nitrogens with one attached hydrogen (secondary N) is 1. The van der Waals surface area contributed by atoms with Crippen molar-refractivity contribution >= 4 is 12.0 Å². The van der Waals surface area contributed by atoms with Gasteiger partial charge in [0.05, 0.1) is 0 Å². The fourth-order valence-electron chi connectivity index (χ4n) is 3.66. The molecule has 1 aliphatic carbocycles.